The van der Waals surface area contributed by atoms with Crippen LogP contribution < -0.4 is 0 Å². The number of nitrogens with zero attached hydrogens (tertiary/aromatic N) is 4. The molecule has 0 saturated carbocycles. The third-order valence-electron chi connectivity index (χ3n) is 12.3. The van der Waals surface area contributed by atoms with E-state index in [2.05, 4.69) is 161 Å². The summed E-state index contributed by atoms with van der Waals surface area (Å²) in [6, 6.07) is 61.1. The summed E-state index contributed by atoms with van der Waals surface area (Å²) in [7, 11) is 0. The molecule has 0 bridgehead atoms. The number of rotatable bonds is 2. The van der Waals surface area contributed by atoms with Crippen molar-refractivity contribution in [3.05, 3.63) is 170 Å². The number of fused-ring (bicyclic) bond motifs is 18. The minimum absolute atomic E-state index is 0.519. The Morgan fingerprint density at radius 2 is 1.12 bits per heavy atom. The van der Waals surface area contributed by atoms with Crippen molar-refractivity contribution in [2.75, 3.05) is 0 Å². The van der Waals surface area contributed by atoms with Gasteiger partial charge in [-0.05, 0) is 53.6 Å². The number of furan rings is 1. The minimum Gasteiger partial charge on any atom is -0.436 e. The van der Waals surface area contributed by atoms with Gasteiger partial charge in [0.2, 0.25) is 5.71 Å². The van der Waals surface area contributed by atoms with Crippen LogP contribution in [-0.2, 0) is 0 Å². The molecule has 6 heteroatoms. The number of benzene rings is 8. The number of hydrogen-bond acceptors (Lipinski definition) is 4. The van der Waals surface area contributed by atoms with E-state index in [4.69, 9.17) is 14.4 Å². The Morgan fingerprint density at radius 1 is 0.466 bits per heavy atom. The number of thiophene rings is 1. The second-order valence-electron chi connectivity index (χ2n) is 15.2. The first-order valence-corrected chi connectivity index (χ1v) is 20.4. The average molecular weight is 757 g/mol. The second kappa shape index (κ2) is 11.1. The normalized spacial score (nSPS) is 12.5. The summed E-state index contributed by atoms with van der Waals surface area (Å²) in [4.78, 5) is 11.1. The highest BCUT2D eigenvalue weighted by Crippen LogP contribution is 2.52. The summed E-state index contributed by atoms with van der Waals surface area (Å²) >= 11 is 1.81. The van der Waals surface area contributed by atoms with Crippen molar-refractivity contribution in [3.63, 3.8) is 0 Å². The van der Waals surface area contributed by atoms with Gasteiger partial charge in [0.1, 0.15) is 16.8 Å². The Balaban J connectivity index is 1.21. The van der Waals surface area contributed by atoms with E-state index < -0.39 is 0 Å². The SMILES string of the molecule is c1ccc2c(c1)-c1ccccc1-n1c3ccccc3c3cc4c(c-2c31)c1ccccc1n4-c1nc2oc3ccccc3c2nc1-c1cccc2c1sc1ccccc12. The largest absolute Gasteiger partial charge is 0.436 e. The Labute approximate surface area is 334 Å². The van der Waals surface area contributed by atoms with E-state index in [0.717, 1.165) is 50.0 Å². The van der Waals surface area contributed by atoms with Crippen LogP contribution in [0.1, 0.15) is 0 Å². The fourth-order valence-electron chi connectivity index (χ4n) is 9.93. The van der Waals surface area contributed by atoms with E-state index in [1.54, 1.807) is 0 Å². The fraction of sp³-hybridized carbons (Fsp3) is 0. The maximum Gasteiger partial charge on any atom is 0.248 e. The van der Waals surface area contributed by atoms with E-state index >= 15 is 0 Å². The second-order valence-corrected chi connectivity index (χ2v) is 16.3. The van der Waals surface area contributed by atoms with Crippen LogP contribution in [0.2, 0.25) is 0 Å². The predicted molar refractivity (Wildman–Crippen MR) is 241 cm³/mol. The van der Waals surface area contributed by atoms with Crippen molar-refractivity contribution in [1.82, 2.24) is 19.1 Å². The first-order valence-electron chi connectivity index (χ1n) is 19.6. The van der Waals surface area contributed by atoms with E-state index in [0.29, 0.717) is 5.71 Å². The average Bonchev–Trinajstić information content (AvgIpc) is 4.01. The molecule has 0 radical (unpaired) electrons. The summed E-state index contributed by atoms with van der Waals surface area (Å²) in [6.07, 6.45) is 0. The quantitative estimate of drug-likeness (QED) is 0.176. The third kappa shape index (κ3) is 3.85. The summed E-state index contributed by atoms with van der Waals surface area (Å²) in [5.74, 6) is 0.739. The summed E-state index contributed by atoms with van der Waals surface area (Å²) in [5.41, 5.74) is 14.5. The van der Waals surface area contributed by atoms with Crippen LogP contribution in [0.15, 0.2) is 174 Å². The summed E-state index contributed by atoms with van der Waals surface area (Å²) in [5, 5.41) is 8.17. The molecule has 14 rings (SSSR count). The smallest absolute Gasteiger partial charge is 0.248 e. The molecule has 0 atom stereocenters. The molecule has 268 valence electrons. The van der Waals surface area contributed by atoms with Gasteiger partial charge in [-0.2, -0.15) is 4.98 Å². The Morgan fingerprint density at radius 3 is 2.00 bits per heavy atom. The van der Waals surface area contributed by atoms with Gasteiger partial charge in [-0.15, -0.1) is 11.3 Å². The van der Waals surface area contributed by atoms with Crippen LogP contribution in [0.5, 0.6) is 0 Å². The van der Waals surface area contributed by atoms with Crippen molar-refractivity contribution >= 4 is 97.3 Å². The molecule has 0 N–H and O–H groups in total. The van der Waals surface area contributed by atoms with Crippen molar-refractivity contribution in [1.29, 1.82) is 0 Å². The van der Waals surface area contributed by atoms with Gasteiger partial charge in [-0.1, -0.05) is 127 Å². The Kier molecular flexibility index (Phi) is 5.85. The van der Waals surface area contributed by atoms with Gasteiger partial charge >= 0.3 is 0 Å². The lowest BCUT2D eigenvalue weighted by Gasteiger charge is -2.14. The van der Waals surface area contributed by atoms with Crippen LogP contribution in [-0.4, -0.2) is 19.1 Å². The first kappa shape index (κ1) is 30.7. The molecule has 0 unspecified atom stereocenters. The predicted octanol–water partition coefficient (Wildman–Crippen LogP) is 14.3. The van der Waals surface area contributed by atoms with Gasteiger partial charge in [0.05, 0.1) is 27.8 Å². The van der Waals surface area contributed by atoms with Gasteiger partial charge in [0, 0.05) is 63.8 Å². The highest BCUT2D eigenvalue weighted by molar-refractivity contribution is 7.26. The zero-order valence-corrected chi connectivity index (χ0v) is 31.6. The molecule has 6 heterocycles. The third-order valence-corrected chi connectivity index (χ3v) is 13.5. The molecule has 0 fully saturated rings. The van der Waals surface area contributed by atoms with Gasteiger partial charge in [0.15, 0.2) is 5.82 Å². The van der Waals surface area contributed by atoms with Crippen LogP contribution >= 0.6 is 11.3 Å². The highest BCUT2D eigenvalue weighted by atomic mass is 32.1. The fourth-order valence-corrected chi connectivity index (χ4v) is 11.1. The van der Waals surface area contributed by atoms with E-state index in [9.17, 15) is 0 Å². The van der Waals surface area contributed by atoms with Crippen LogP contribution in [0.25, 0.3) is 131 Å². The lowest BCUT2D eigenvalue weighted by molar-refractivity contribution is 0.652. The summed E-state index contributed by atoms with van der Waals surface area (Å²) in [6.45, 7) is 0. The Bertz CT molecular complexity index is 3940. The molecule has 1 aliphatic rings. The lowest BCUT2D eigenvalue weighted by atomic mass is 9.91. The van der Waals surface area contributed by atoms with Gasteiger partial charge in [0.25, 0.3) is 0 Å². The Hall–Kier alpha value is -7.54. The first-order chi connectivity index (χ1) is 28.8. The molecule has 13 aromatic rings. The van der Waals surface area contributed by atoms with E-state index in [-0.39, 0.29) is 0 Å². The van der Waals surface area contributed by atoms with Gasteiger partial charge in [-0.3, -0.25) is 4.57 Å². The maximum atomic E-state index is 6.54. The molecule has 0 saturated heterocycles. The van der Waals surface area contributed by atoms with Crippen LogP contribution in [0.4, 0.5) is 0 Å². The molecular formula is C52H28N4OS. The molecule has 5 nitrogen and oxygen atoms in total. The molecule has 0 aliphatic carbocycles. The monoisotopic (exact) mass is 756 g/mol. The number of aromatic nitrogens is 4. The van der Waals surface area contributed by atoms with Crippen LogP contribution in [0.3, 0.4) is 0 Å². The zero-order valence-electron chi connectivity index (χ0n) is 30.8. The molecular weight excluding hydrogens is 729 g/mol. The number of hydrogen-bond donors (Lipinski definition) is 0. The van der Waals surface area contributed by atoms with Crippen molar-refractivity contribution in [3.8, 4) is 45.0 Å². The topological polar surface area (TPSA) is 48.8 Å². The molecule has 8 aromatic carbocycles. The van der Waals surface area contributed by atoms with Crippen molar-refractivity contribution < 1.29 is 4.42 Å². The van der Waals surface area contributed by atoms with E-state index in [1.165, 1.54) is 75.3 Å². The van der Waals surface area contributed by atoms with Crippen molar-refractivity contribution in [2.24, 2.45) is 0 Å². The maximum absolute atomic E-state index is 6.54. The molecule has 58 heavy (non-hydrogen) atoms. The van der Waals surface area contributed by atoms with Gasteiger partial charge < -0.3 is 8.98 Å². The van der Waals surface area contributed by atoms with E-state index in [1.807, 2.05) is 29.5 Å². The van der Waals surface area contributed by atoms with Gasteiger partial charge in [-0.25, -0.2) is 4.98 Å². The number of para-hydroxylation sites is 4. The standard InChI is InChI=1S/C52H28N4OS/c1-2-18-33-29(14-1)30-15-3-8-23-39(30)55-40-24-9-4-16-31(40)38-28-42-45(46(33)49(38)55)35-19-5-10-25-41(35)56(42)51-47(53-48-36-20-6-11-26-43(36)57-52(48)54-51)37-22-13-21-34-32-17-7-12-27-44(32)58-50(34)37/h1-28H. The minimum atomic E-state index is 0.519. The summed E-state index contributed by atoms with van der Waals surface area (Å²) < 4.78 is 13.8. The molecule has 1 aliphatic heterocycles. The zero-order chi connectivity index (χ0) is 37.6. The van der Waals surface area contributed by atoms with Crippen LogP contribution in [0, 0.1) is 0 Å². The van der Waals surface area contributed by atoms with Crippen molar-refractivity contribution in [2.45, 2.75) is 0 Å². The molecule has 0 amide bonds. The lowest BCUT2D eigenvalue weighted by Crippen LogP contribution is -2.03. The molecule has 5 aromatic heterocycles. The highest BCUT2D eigenvalue weighted by Gasteiger charge is 2.30. The molecule has 0 spiro atoms.